The average Bonchev–Trinajstić information content (AvgIpc) is 3.84. The van der Waals surface area contributed by atoms with Crippen LogP contribution in [0.15, 0.2) is 91.0 Å². The monoisotopic (exact) mass is 918 g/mol. The van der Waals surface area contributed by atoms with Crippen molar-refractivity contribution in [2.75, 3.05) is 62.3 Å². The van der Waals surface area contributed by atoms with Crippen molar-refractivity contribution >= 4 is 49.2 Å². The molecule has 0 spiro atoms. The molecule has 3 aliphatic rings. The van der Waals surface area contributed by atoms with Crippen molar-refractivity contribution in [3.05, 3.63) is 102 Å². The van der Waals surface area contributed by atoms with E-state index in [0.717, 1.165) is 53.9 Å². The van der Waals surface area contributed by atoms with Crippen LogP contribution in [0.25, 0.3) is 11.1 Å². The second-order valence-electron chi connectivity index (χ2n) is 19.4. The number of aromatic hydroxyl groups is 1. The van der Waals surface area contributed by atoms with Crippen LogP contribution in [0.5, 0.6) is 11.5 Å². The van der Waals surface area contributed by atoms with Gasteiger partial charge in [0.2, 0.25) is 11.8 Å². The average molecular weight is 919 g/mol. The van der Waals surface area contributed by atoms with Crippen molar-refractivity contribution in [1.29, 1.82) is 0 Å². The number of para-hydroxylation sites is 1. The Labute approximate surface area is 389 Å². The number of benzene rings is 4. The number of carbonyl (C=O) groups excluding carboxylic acids is 4. The summed E-state index contributed by atoms with van der Waals surface area (Å²) in [5, 5.41) is 22.6. The van der Waals surface area contributed by atoms with Crippen LogP contribution in [-0.4, -0.2) is 99.5 Å². The number of phenolic OH excluding ortho intramolecular Hbond substituents is 1. The minimum Gasteiger partial charge on any atom is -0.506 e. The van der Waals surface area contributed by atoms with Crippen molar-refractivity contribution in [3.8, 4) is 22.6 Å². The lowest BCUT2D eigenvalue weighted by atomic mass is 10.0. The summed E-state index contributed by atoms with van der Waals surface area (Å²) < 4.78 is 18.6. The smallest absolute Gasteiger partial charge is 0.411 e. The number of nitrogens with one attached hydrogen (secondary N) is 4. The van der Waals surface area contributed by atoms with E-state index in [1.165, 1.54) is 0 Å². The highest BCUT2D eigenvalue weighted by Gasteiger charge is 2.43. The molecule has 2 heterocycles. The number of rotatable bonds is 18. The first-order valence-corrected chi connectivity index (χ1v) is 26.1. The van der Waals surface area contributed by atoms with Gasteiger partial charge in [-0.25, -0.2) is 4.79 Å². The van der Waals surface area contributed by atoms with Gasteiger partial charge in [0.1, 0.15) is 17.5 Å². The van der Waals surface area contributed by atoms with Crippen LogP contribution in [0.1, 0.15) is 70.1 Å². The van der Waals surface area contributed by atoms with E-state index in [1.807, 2.05) is 78.9 Å². The summed E-state index contributed by atoms with van der Waals surface area (Å²) in [6, 6.07) is 28.7. The lowest BCUT2D eigenvalue weighted by Gasteiger charge is -2.40. The molecule has 4 aromatic rings. The van der Waals surface area contributed by atoms with Gasteiger partial charge in [-0.15, -0.1) is 0 Å². The highest BCUT2D eigenvalue weighted by atomic mass is 28.4. The zero-order valence-electron chi connectivity index (χ0n) is 39.2. The van der Waals surface area contributed by atoms with Crippen molar-refractivity contribution < 1.29 is 38.2 Å². The SMILES string of the molecule is CN(CCCC(=O)Nc1ccc(CNC[C@H](O[Si](C)(C)C(C)(C)C)c2ccc(O)c3c2OCC(=O)N3)cc1)C(=O)CCN1CC2CC(OC(=O)Nc3ccccc3-c3ccccc3)CC2C1. The summed E-state index contributed by atoms with van der Waals surface area (Å²) in [6.07, 6.45) is 1.97. The summed E-state index contributed by atoms with van der Waals surface area (Å²) >= 11 is 0. The zero-order valence-corrected chi connectivity index (χ0v) is 40.2. The molecule has 15 heteroatoms. The number of phenols is 1. The Morgan fingerprint density at radius 1 is 0.924 bits per heavy atom. The molecule has 0 radical (unpaired) electrons. The van der Waals surface area contributed by atoms with Gasteiger partial charge < -0.3 is 44.8 Å². The molecule has 1 aliphatic carbocycles. The lowest BCUT2D eigenvalue weighted by Crippen LogP contribution is -2.43. The number of fused-ring (bicyclic) bond motifs is 2. The summed E-state index contributed by atoms with van der Waals surface area (Å²) in [5.74, 6) is 0.878. The molecule has 1 saturated carbocycles. The van der Waals surface area contributed by atoms with Gasteiger partial charge in [-0.2, -0.15) is 0 Å². The molecule has 7 rings (SSSR count). The van der Waals surface area contributed by atoms with E-state index in [1.54, 1.807) is 24.1 Å². The molecule has 1 saturated heterocycles. The Morgan fingerprint density at radius 3 is 2.33 bits per heavy atom. The van der Waals surface area contributed by atoms with Crippen molar-refractivity contribution in [1.82, 2.24) is 15.1 Å². The number of carbonyl (C=O) groups is 4. The molecule has 4 amide bonds. The van der Waals surface area contributed by atoms with E-state index < -0.39 is 20.5 Å². The Bertz CT molecular complexity index is 2320. The molecule has 352 valence electrons. The molecule has 5 N–H and O–H groups in total. The second-order valence-corrected chi connectivity index (χ2v) is 24.2. The van der Waals surface area contributed by atoms with E-state index >= 15 is 0 Å². The predicted molar refractivity (Wildman–Crippen MR) is 260 cm³/mol. The summed E-state index contributed by atoms with van der Waals surface area (Å²) in [5.41, 5.74) is 5.43. The van der Waals surface area contributed by atoms with Crippen molar-refractivity contribution in [2.24, 2.45) is 11.8 Å². The Kier molecular flexibility index (Phi) is 15.5. The molecular formula is C51H66N6O8Si. The topological polar surface area (TPSA) is 171 Å². The van der Waals surface area contributed by atoms with Crippen LogP contribution in [0.4, 0.5) is 21.9 Å². The highest BCUT2D eigenvalue weighted by Crippen LogP contribution is 2.46. The van der Waals surface area contributed by atoms with E-state index in [0.29, 0.717) is 68.7 Å². The maximum Gasteiger partial charge on any atom is 0.411 e. The third-order valence-corrected chi connectivity index (χ3v) is 18.0. The normalized spacial score (nSPS) is 18.6. The van der Waals surface area contributed by atoms with Crippen LogP contribution in [0.2, 0.25) is 18.1 Å². The molecule has 2 aliphatic heterocycles. The van der Waals surface area contributed by atoms with Gasteiger partial charge in [-0.3, -0.25) is 19.7 Å². The Balaban J connectivity index is 0.787. The molecule has 4 aromatic carbocycles. The van der Waals surface area contributed by atoms with E-state index in [2.05, 4.69) is 60.0 Å². The van der Waals surface area contributed by atoms with Crippen LogP contribution in [-0.2, 0) is 30.1 Å². The molecule has 66 heavy (non-hydrogen) atoms. The van der Waals surface area contributed by atoms with Gasteiger partial charge in [0, 0.05) is 76.0 Å². The second kappa shape index (κ2) is 21.3. The lowest BCUT2D eigenvalue weighted by molar-refractivity contribution is -0.130. The van der Waals surface area contributed by atoms with Gasteiger partial charge in [-0.1, -0.05) is 81.4 Å². The maximum absolute atomic E-state index is 13.0. The molecule has 0 bridgehead atoms. The highest BCUT2D eigenvalue weighted by molar-refractivity contribution is 6.74. The minimum absolute atomic E-state index is 0.0510. The first-order valence-electron chi connectivity index (χ1n) is 23.2. The largest absolute Gasteiger partial charge is 0.506 e. The van der Waals surface area contributed by atoms with Gasteiger partial charge in [0.05, 0.1) is 11.8 Å². The number of hydrogen-bond acceptors (Lipinski definition) is 10. The number of anilines is 3. The fourth-order valence-corrected chi connectivity index (χ4v) is 10.1. The fourth-order valence-electron chi connectivity index (χ4n) is 8.87. The zero-order chi connectivity index (χ0) is 47.0. The summed E-state index contributed by atoms with van der Waals surface area (Å²) in [4.78, 5) is 54.9. The quantitative estimate of drug-likeness (QED) is 0.0480. The molecule has 3 atom stereocenters. The number of likely N-dealkylation sites (tertiary alicyclic amines) is 1. The number of hydrogen-bond donors (Lipinski definition) is 5. The van der Waals surface area contributed by atoms with Crippen molar-refractivity contribution in [3.63, 3.8) is 0 Å². The van der Waals surface area contributed by atoms with Gasteiger partial charge >= 0.3 is 6.09 Å². The summed E-state index contributed by atoms with van der Waals surface area (Å²) in [7, 11) is -0.454. The van der Waals surface area contributed by atoms with Gasteiger partial charge in [-0.05, 0) is 90.7 Å². The Morgan fingerprint density at radius 2 is 1.62 bits per heavy atom. The third-order valence-electron chi connectivity index (χ3n) is 13.5. The van der Waals surface area contributed by atoms with Crippen LogP contribution < -0.4 is 26.0 Å². The van der Waals surface area contributed by atoms with Gasteiger partial charge in [0.15, 0.2) is 20.7 Å². The number of amides is 4. The number of nitrogens with zero attached hydrogens (tertiary/aromatic N) is 2. The minimum atomic E-state index is -2.25. The van der Waals surface area contributed by atoms with Crippen LogP contribution in [0, 0.1) is 11.8 Å². The van der Waals surface area contributed by atoms with Gasteiger partial charge in [0.25, 0.3) is 5.91 Å². The molecule has 2 unspecified atom stereocenters. The molecule has 0 aromatic heterocycles. The van der Waals surface area contributed by atoms with Crippen LogP contribution in [0.3, 0.4) is 0 Å². The van der Waals surface area contributed by atoms with Crippen molar-refractivity contribution in [2.45, 2.75) is 89.8 Å². The predicted octanol–water partition coefficient (Wildman–Crippen LogP) is 8.77. The molecular weight excluding hydrogens is 853 g/mol. The maximum atomic E-state index is 13.0. The van der Waals surface area contributed by atoms with Crippen LogP contribution >= 0.6 is 0 Å². The fraction of sp³-hybridized carbons (Fsp3) is 0.451. The van der Waals surface area contributed by atoms with E-state index in [4.69, 9.17) is 13.9 Å². The standard InChI is InChI=1S/C51H66N6O8Si/c1-51(2,3)66(5,6)65-44(41-22-23-43(58)48-49(41)63-33-46(60)55-48)30-52-29-34-18-20-38(21-19-34)53-45(59)17-12-25-56(4)47(61)24-26-57-31-36-27-39(28-37(36)32-57)64-50(62)54-42-16-11-10-15-40(42)35-13-8-7-9-14-35/h7-11,13-16,18-23,36-37,39,44,52,58H,12,17,24-33H2,1-6H3,(H,53,59)(H,54,62)(H,55,60)/t36?,37?,39?,44-/m0/s1. The first-order chi connectivity index (χ1) is 31.5. The summed E-state index contributed by atoms with van der Waals surface area (Å²) in [6.45, 7) is 14.8. The molecule has 2 fully saturated rings. The van der Waals surface area contributed by atoms with E-state index in [-0.39, 0.29) is 46.9 Å². The number of ether oxygens (including phenoxy) is 2. The molecule has 14 nitrogen and oxygen atoms in total. The Hall–Kier alpha value is -5.74. The van der Waals surface area contributed by atoms with E-state index in [9.17, 15) is 24.3 Å². The first kappa shape index (κ1) is 48.2. The third kappa shape index (κ3) is 12.4.